The van der Waals surface area contributed by atoms with Gasteiger partial charge in [0.1, 0.15) is 5.01 Å². The molecule has 2 aromatic rings. The Morgan fingerprint density at radius 1 is 1.35 bits per heavy atom. The Labute approximate surface area is 104 Å². The van der Waals surface area contributed by atoms with Crippen LogP contribution in [0.2, 0.25) is 0 Å². The van der Waals surface area contributed by atoms with Gasteiger partial charge in [0.15, 0.2) is 0 Å². The van der Waals surface area contributed by atoms with Gasteiger partial charge in [0.25, 0.3) is 0 Å². The fourth-order valence-corrected chi connectivity index (χ4v) is 2.38. The summed E-state index contributed by atoms with van der Waals surface area (Å²) in [7, 11) is 0. The minimum Gasteiger partial charge on any atom is -0.550 e. The number of carbonyl (C=O) groups is 1. The molecule has 0 N–H and O–H groups in total. The molecule has 17 heavy (non-hydrogen) atoms. The van der Waals surface area contributed by atoms with Crippen molar-refractivity contribution < 1.29 is 9.90 Å². The Morgan fingerprint density at radius 2 is 2.06 bits per heavy atom. The number of carboxylic acid groups (broad SMARTS) is 1. The van der Waals surface area contributed by atoms with Crippen molar-refractivity contribution in [1.82, 2.24) is 4.98 Å². The van der Waals surface area contributed by atoms with E-state index in [9.17, 15) is 9.90 Å². The van der Waals surface area contributed by atoms with Gasteiger partial charge < -0.3 is 9.90 Å². The number of carbonyl (C=O) groups excluding carboxylic acids is 1. The molecule has 2 rings (SSSR count). The van der Waals surface area contributed by atoms with Gasteiger partial charge in [-0.2, -0.15) is 0 Å². The summed E-state index contributed by atoms with van der Waals surface area (Å²) >= 11 is 1.46. The van der Waals surface area contributed by atoms with Crippen LogP contribution >= 0.6 is 11.3 Å². The molecule has 3 nitrogen and oxygen atoms in total. The lowest BCUT2D eigenvalue weighted by Crippen LogP contribution is -2.24. The number of aromatic nitrogens is 1. The van der Waals surface area contributed by atoms with Crippen molar-refractivity contribution in [2.45, 2.75) is 19.8 Å². The highest BCUT2D eigenvalue weighted by molar-refractivity contribution is 7.13. The van der Waals surface area contributed by atoms with Crippen molar-refractivity contribution in [3.8, 4) is 10.6 Å². The molecule has 88 valence electrons. The van der Waals surface area contributed by atoms with Gasteiger partial charge in [0, 0.05) is 23.3 Å². The van der Waals surface area contributed by atoms with Crippen LogP contribution < -0.4 is 5.11 Å². The van der Waals surface area contributed by atoms with Gasteiger partial charge in [-0.15, -0.1) is 11.3 Å². The molecule has 0 aliphatic heterocycles. The molecule has 0 bridgehead atoms. The summed E-state index contributed by atoms with van der Waals surface area (Å²) in [5, 5.41) is 13.1. The Morgan fingerprint density at radius 3 is 2.65 bits per heavy atom. The lowest BCUT2D eigenvalue weighted by atomic mass is 10.1. The topological polar surface area (TPSA) is 53.0 Å². The molecule has 1 aromatic heterocycles. The van der Waals surface area contributed by atoms with Crippen LogP contribution in [-0.2, 0) is 17.6 Å². The largest absolute Gasteiger partial charge is 0.550 e. The number of hydrogen-bond donors (Lipinski definition) is 0. The Kier molecular flexibility index (Phi) is 3.54. The second kappa shape index (κ2) is 5.10. The van der Waals surface area contributed by atoms with Crippen LogP contribution in [0, 0.1) is 0 Å². The van der Waals surface area contributed by atoms with Crippen molar-refractivity contribution in [3.63, 3.8) is 0 Å². The average molecular weight is 246 g/mol. The van der Waals surface area contributed by atoms with E-state index >= 15 is 0 Å². The molecule has 0 aliphatic rings. The minimum absolute atomic E-state index is 0.121. The highest BCUT2D eigenvalue weighted by atomic mass is 32.1. The van der Waals surface area contributed by atoms with Crippen LogP contribution in [0.25, 0.3) is 10.6 Å². The molecule has 0 fully saturated rings. The van der Waals surface area contributed by atoms with E-state index in [0.717, 1.165) is 17.0 Å². The van der Waals surface area contributed by atoms with E-state index in [4.69, 9.17) is 0 Å². The highest BCUT2D eigenvalue weighted by Crippen LogP contribution is 2.24. The first-order valence-electron chi connectivity index (χ1n) is 5.42. The van der Waals surface area contributed by atoms with Crippen LogP contribution in [0.3, 0.4) is 0 Å². The minimum atomic E-state index is -1.09. The summed E-state index contributed by atoms with van der Waals surface area (Å²) in [6.07, 6.45) is 0.887. The summed E-state index contributed by atoms with van der Waals surface area (Å²) in [5.41, 5.74) is 2.86. The maximum absolute atomic E-state index is 10.5. The fourth-order valence-electron chi connectivity index (χ4n) is 1.55. The summed E-state index contributed by atoms with van der Waals surface area (Å²) in [4.78, 5) is 14.7. The molecular formula is C13H12NO2S-. The Balaban J connectivity index is 2.21. The van der Waals surface area contributed by atoms with Crippen molar-refractivity contribution in [3.05, 3.63) is 40.9 Å². The van der Waals surface area contributed by atoms with Gasteiger partial charge >= 0.3 is 0 Å². The number of aryl methyl sites for hydroxylation is 1. The van der Waals surface area contributed by atoms with E-state index in [1.54, 1.807) is 5.38 Å². The molecule has 0 saturated heterocycles. The molecule has 0 aliphatic carbocycles. The molecule has 4 heteroatoms. The summed E-state index contributed by atoms with van der Waals surface area (Å²) < 4.78 is 0. The third-order valence-corrected chi connectivity index (χ3v) is 3.43. The maximum atomic E-state index is 10.5. The lowest BCUT2D eigenvalue weighted by molar-refractivity contribution is -0.304. The predicted molar refractivity (Wildman–Crippen MR) is 65.6 cm³/mol. The zero-order valence-corrected chi connectivity index (χ0v) is 10.3. The van der Waals surface area contributed by atoms with Gasteiger partial charge in [0.05, 0.1) is 5.69 Å². The van der Waals surface area contributed by atoms with E-state index in [2.05, 4.69) is 24.0 Å². The lowest BCUT2D eigenvalue weighted by Gasteiger charge is -1.99. The number of aliphatic carboxylic acids is 1. The van der Waals surface area contributed by atoms with E-state index in [1.165, 1.54) is 16.9 Å². The first-order chi connectivity index (χ1) is 8.19. The molecule has 0 atom stereocenters. The molecule has 0 radical (unpaired) electrons. The first kappa shape index (κ1) is 11.8. The van der Waals surface area contributed by atoms with Gasteiger partial charge in [-0.3, -0.25) is 0 Å². The molecule has 0 amide bonds. The number of carboxylic acids is 1. The smallest absolute Gasteiger partial charge is 0.123 e. The predicted octanol–water partition coefficient (Wildman–Crippen LogP) is 1.66. The van der Waals surface area contributed by atoms with E-state index < -0.39 is 5.97 Å². The van der Waals surface area contributed by atoms with Crippen molar-refractivity contribution >= 4 is 17.3 Å². The zero-order valence-electron chi connectivity index (χ0n) is 9.47. The van der Waals surface area contributed by atoms with Crippen molar-refractivity contribution in [2.75, 3.05) is 0 Å². The monoisotopic (exact) mass is 246 g/mol. The number of nitrogens with zero attached hydrogens (tertiary/aromatic N) is 1. The Hall–Kier alpha value is -1.68. The zero-order chi connectivity index (χ0) is 12.3. The molecule has 0 saturated carbocycles. The standard InChI is InChI=1S/C13H13NO2S/c1-2-9-3-5-10(6-4-9)13-14-11(8-17-13)7-12(15)16/h3-6,8H,2,7H2,1H3,(H,15,16)/p-1. The SMILES string of the molecule is CCc1ccc(-c2nc(CC(=O)[O-])cs2)cc1. The summed E-state index contributed by atoms with van der Waals surface area (Å²) in [5.74, 6) is -1.09. The number of benzene rings is 1. The molecule has 1 heterocycles. The summed E-state index contributed by atoms with van der Waals surface area (Å²) in [6.45, 7) is 2.11. The van der Waals surface area contributed by atoms with E-state index in [0.29, 0.717) is 5.69 Å². The number of hydrogen-bond acceptors (Lipinski definition) is 4. The van der Waals surface area contributed by atoms with Crippen molar-refractivity contribution in [2.24, 2.45) is 0 Å². The Bertz CT molecular complexity index is 516. The quantitative estimate of drug-likeness (QED) is 0.824. The van der Waals surface area contributed by atoms with Crippen molar-refractivity contribution in [1.29, 1.82) is 0 Å². The van der Waals surface area contributed by atoms with Crippen LogP contribution in [0.15, 0.2) is 29.6 Å². The molecular weight excluding hydrogens is 234 g/mol. The van der Waals surface area contributed by atoms with Crippen LogP contribution in [-0.4, -0.2) is 11.0 Å². The van der Waals surface area contributed by atoms with Gasteiger partial charge in [-0.25, -0.2) is 4.98 Å². The molecule has 0 spiro atoms. The number of rotatable bonds is 4. The maximum Gasteiger partial charge on any atom is 0.123 e. The summed E-state index contributed by atoms with van der Waals surface area (Å²) in [6, 6.07) is 8.16. The third-order valence-electron chi connectivity index (χ3n) is 2.49. The second-order valence-corrected chi connectivity index (χ2v) is 4.60. The third kappa shape index (κ3) is 2.91. The van der Waals surface area contributed by atoms with E-state index in [1.807, 2.05) is 12.1 Å². The fraction of sp³-hybridized carbons (Fsp3) is 0.231. The van der Waals surface area contributed by atoms with Crippen LogP contribution in [0.4, 0.5) is 0 Å². The average Bonchev–Trinajstić information content (AvgIpc) is 2.77. The first-order valence-corrected chi connectivity index (χ1v) is 6.30. The highest BCUT2D eigenvalue weighted by Gasteiger charge is 2.04. The second-order valence-electron chi connectivity index (χ2n) is 3.74. The molecule has 1 aromatic carbocycles. The van der Waals surface area contributed by atoms with Gasteiger partial charge in [-0.05, 0) is 12.0 Å². The van der Waals surface area contributed by atoms with Gasteiger partial charge in [0.2, 0.25) is 0 Å². The number of thiazole rings is 1. The molecule has 0 unspecified atom stereocenters. The van der Waals surface area contributed by atoms with Crippen LogP contribution in [0.1, 0.15) is 18.2 Å². The normalized spacial score (nSPS) is 10.4. The van der Waals surface area contributed by atoms with Gasteiger partial charge in [-0.1, -0.05) is 31.2 Å². The van der Waals surface area contributed by atoms with Crippen LogP contribution in [0.5, 0.6) is 0 Å². The van der Waals surface area contributed by atoms with E-state index in [-0.39, 0.29) is 6.42 Å².